The van der Waals surface area contributed by atoms with Crippen molar-refractivity contribution in [1.29, 1.82) is 0 Å². The predicted molar refractivity (Wildman–Crippen MR) is 66.8 cm³/mol. The average Bonchev–Trinajstić information content (AvgIpc) is 2.73. The van der Waals surface area contributed by atoms with Crippen molar-refractivity contribution in [2.24, 2.45) is 5.41 Å². The second kappa shape index (κ2) is 3.36. The SMILES string of the molecule is FC1(F)CCC12CN(c1cc(Cl)nn3ccnc13)C2. The first-order valence-electron chi connectivity index (χ1n) is 6.14. The Hall–Kier alpha value is -1.43. The molecule has 4 nitrogen and oxygen atoms in total. The van der Waals surface area contributed by atoms with E-state index in [1.807, 2.05) is 4.90 Å². The number of anilines is 1. The van der Waals surface area contributed by atoms with Gasteiger partial charge in [-0.2, -0.15) is 5.10 Å². The monoisotopic (exact) mass is 284 g/mol. The number of alkyl halides is 2. The smallest absolute Gasteiger partial charge is 0.257 e. The maximum absolute atomic E-state index is 13.6. The second-order valence-corrected chi connectivity index (χ2v) is 5.78. The van der Waals surface area contributed by atoms with Gasteiger partial charge in [-0.15, -0.1) is 0 Å². The highest BCUT2D eigenvalue weighted by atomic mass is 35.5. The Kier molecular flexibility index (Phi) is 2.02. The number of fused-ring (bicyclic) bond motifs is 1. The zero-order valence-corrected chi connectivity index (χ0v) is 10.7. The third-order valence-electron chi connectivity index (χ3n) is 4.33. The summed E-state index contributed by atoms with van der Waals surface area (Å²) in [6.45, 7) is 0.728. The molecule has 1 spiro atoms. The summed E-state index contributed by atoms with van der Waals surface area (Å²) in [6.07, 6.45) is 3.92. The van der Waals surface area contributed by atoms with Crippen LogP contribution in [-0.4, -0.2) is 33.6 Å². The maximum Gasteiger partial charge on any atom is 0.257 e. The summed E-state index contributed by atoms with van der Waals surface area (Å²) in [7, 11) is 0. The zero-order chi connectivity index (χ0) is 13.3. The Morgan fingerprint density at radius 1 is 1.26 bits per heavy atom. The van der Waals surface area contributed by atoms with Gasteiger partial charge in [0, 0.05) is 38.0 Å². The van der Waals surface area contributed by atoms with Crippen LogP contribution in [0.5, 0.6) is 0 Å². The van der Waals surface area contributed by atoms with Crippen LogP contribution in [0.25, 0.3) is 5.65 Å². The summed E-state index contributed by atoms with van der Waals surface area (Å²) < 4.78 is 28.7. The first-order chi connectivity index (χ1) is 9.01. The van der Waals surface area contributed by atoms with Crippen LogP contribution < -0.4 is 4.90 Å². The molecule has 2 aromatic rings. The zero-order valence-electron chi connectivity index (χ0n) is 9.98. The lowest BCUT2D eigenvalue weighted by molar-refractivity contribution is -0.212. The molecule has 2 aliphatic rings. The molecule has 2 fully saturated rings. The number of rotatable bonds is 1. The minimum atomic E-state index is -2.52. The van der Waals surface area contributed by atoms with Crippen molar-refractivity contribution < 1.29 is 8.78 Å². The van der Waals surface area contributed by atoms with Gasteiger partial charge in [-0.1, -0.05) is 11.6 Å². The molecular weight excluding hydrogens is 274 g/mol. The summed E-state index contributed by atoms with van der Waals surface area (Å²) >= 11 is 5.95. The second-order valence-electron chi connectivity index (χ2n) is 5.39. The Labute approximate surface area is 113 Å². The van der Waals surface area contributed by atoms with Crippen LogP contribution in [-0.2, 0) is 0 Å². The fourth-order valence-corrected chi connectivity index (χ4v) is 3.20. The van der Waals surface area contributed by atoms with Gasteiger partial charge in [0.1, 0.15) is 0 Å². The van der Waals surface area contributed by atoms with Crippen molar-refractivity contribution >= 4 is 22.9 Å². The molecule has 0 atom stereocenters. The number of imidazole rings is 1. The lowest BCUT2D eigenvalue weighted by Gasteiger charge is -2.60. The first-order valence-corrected chi connectivity index (χ1v) is 6.51. The molecule has 7 heteroatoms. The predicted octanol–water partition coefficient (Wildman–Crippen LogP) is 2.62. The van der Waals surface area contributed by atoms with Crippen molar-refractivity contribution in [3.63, 3.8) is 0 Å². The highest BCUT2D eigenvalue weighted by molar-refractivity contribution is 6.29. The average molecular weight is 285 g/mol. The number of nitrogens with zero attached hydrogens (tertiary/aromatic N) is 4. The molecule has 0 N–H and O–H groups in total. The van der Waals surface area contributed by atoms with E-state index in [1.165, 1.54) is 0 Å². The van der Waals surface area contributed by atoms with Crippen LogP contribution >= 0.6 is 11.6 Å². The van der Waals surface area contributed by atoms with Crippen molar-refractivity contribution in [3.05, 3.63) is 23.6 Å². The fraction of sp³-hybridized carbons (Fsp3) is 0.500. The van der Waals surface area contributed by atoms with Gasteiger partial charge in [-0.05, 0) is 6.42 Å². The Balaban J connectivity index is 1.69. The van der Waals surface area contributed by atoms with Crippen LogP contribution in [0.3, 0.4) is 0 Å². The minimum Gasteiger partial charge on any atom is -0.367 e. The summed E-state index contributed by atoms with van der Waals surface area (Å²) in [5, 5.41) is 4.42. The van der Waals surface area contributed by atoms with E-state index in [9.17, 15) is 8.78 Å². The van der Waals surface area contributed by atoms with Crippen LogP contribution in [0, 0.1) is 5.41 Å². The van der Waals surface area contributed by atoms with E-state index in [1.54, 1.807) is 23.0 Å². The molecule has 0 aromatic carbocycles. The van der Waals surface area contributed by atoms with Gasteiger partial charge in [-0.3, -0.25) is 0 Å². The molecule has 1 saturated carbocycles. The molecule has 1 aliphatic carbocycles. The normalized spacial score (nSPS) is 23.4. The van der Waals surface area contributed by atoms with E-state index in [-0.39, 0.29) is 6.42 Å². The molecule has 100 valence electrons. The molecule has 3 heterocycles. The molecule has 1 aliphatic heterocycles. The Morgan fingerprint density at radius 3 is 2.68 bits per heavy atom. The third kappa shape index (κ3) is 1.38. The van der Waals surface area contributed by atoms with E-state index in [0.29, 0.717) is 30.3 Å². The summed E-state index contributed by atoms with van der Waals surface area (Å²) in [6, 6.07) is 1.69. The largest absolute Gasteiger partial charge is 0.367 e. The van der Waals surface area contributed by atoms with Gasteiger partial charge in [0.15, 0.2) is 10.8 Å². The molecule has 0 unspecified atom stereocenters. The lowest BCUT2D eigenvalue weighted by Crippen LogP contribution is -2.70. The molecule has 1 saturated heterocycles. The minimum absolute atomic E-state index is 0.0106. The highest BCUT2D eigenvalue weighted by Crippen LogP contribution is 2.59. The number of halogens is 3. The molecule has 2 aromatic heterocycles. The van der Waals surface area contributed by atoms with Gasteiger partial charge >= 0.3 is 0 Å². The van der Waals surface area contributed by atoms with E-state index in [0.717, 1.165) is 5.69 Å². The molecule has 19 heavy (non-hydrogen) atoms. The Bertz CT molecular complexity index is 663. The third-order valence-corrected chi connectivity index (χ3v) is 4.52. The van der Waals surface area contributed by atoms with E-state index in [2.05, 4.69) is 10.1 Å². The number of hydrogen-bond donors (Lipinski definition) is 0. The van der Waals surface area contributed by atoms with Crippen molar-refractivity contribution in [1.82, 2.24) is 14.6 Å². The topological polar surface area (TPSA) is 33.4 Å². The van der Waals surface area contributed by atoms with Crippen LogP contribution in [0.2, 0.25) is 5.15 Å². The van der Waals surface area contributed by atoms with Crippen LogP contribution in [0.1, 0.15) is 12.8 Å². The standard InChI is InChI=1S/C12H11ClF2N4/c13-9-5-8(10-16-3-4-19(10)17-9)18-6-11(7-18)1-2-12(11,14)15/h3-5H,1-2,6-7H2. The van der Waals surface area contributed by atoms with Gasteiger partial charge in [-0.25, -0.2) is 18.3 Å². The molecular formula is C12H11ClF2N4. The lowest BCUT2D eigenvalue weighted by atomic mass is 9.60. The number of hydrogen-bond acceptors (Lipinski definition) is 3. The van der Waals surface area contributed by atoms with Crippen molar-refractivity contribution in [2.75, 3.05) is 18.0 Å². The first kappa shape index (κ1) is 11.4. The maximum atomic E-state index is 13.6. The van der Waals surface area contributed by atoms with E-state index >= 15 is 0 Å². The van der Waals surface area contributed by atoms with Crippen molar-refractivity contribution in [2.45, 2.75) is 18.8 Å². The van der Waals surface area contributed by atoms with Gasteiger partial charge < -0.3 is 4.90 Å². The van der Waals surface area contributed by atoms with E-state index < -0.39 is 11.3 Å². The summed E-state index contributed by atoms with van der Waals surface area (Å²) in [5.41, 5.74) is 0.604. The summed E-state index contributed by atoms with van der Waals surface area (Å²) in [5.74, 6) is -2.52. The fourth-order valence-electron chi connectivity index (χ4n) is 3.01. The van der Waals surface area contributed by atoms with Crippen molar-refractivity contribution in [3.8, 4) is 0 Å². The molecule has 0 radical (unpaired) electrons. The Morgan fingerprint density at radius 2 is 2.05 bits per heavy atom. The molecule has 0 bridgehead atoms. The van der Waals surface area contributed by atoms with Crippen LogP contribution in [0.15, 0.2) is 18.5 Å². The number of aromatic nitrogens is 3. The van der Waals surface area contributed by atoms with Gasteiger partial charge in [0.05, 0.1) is 11.1 Å². The highest BCUT2D eigenvalue weighted by Gasteiger charge is 2.67. The molecule has 4 rings (SSSR count). The quantitative estimate of drug-likeness (QED) is 0.807. The molecule has 0 amide bonds. The van der Waals surface area contributed by atoms with Crippen LogP contribution in [0.4, 0.5) is 14.5 Å². The van der Waals surface area contributed by atoms with Gasteiger partial charge in [0.25, 0.3) is 5.92 Å². The summed E-state index contributed by atoms with van der Waals surface area (Å²) in [4.78, 5) is 6.11. The van der Waals surface area contributed by atoms with E-state index in [4.69, 9.17) is 11.6 Å². The van der Waals surface area contributed by atoms with Gasteiger partial charge in [0.2, 0.25) is 0 Å².